The SMILES string of the molecule is CC(C)Nc1ncc(C(=O)NC2CCCCC2)cn1. The Hall–Kier alpha value is -1.65. The summed E-state index contributed by atoms with van der Waals surface area (Å²) < 4.78 is 0. The topological polar surface area (TPSA) is 66.9 Å². The Morgan fingerprint density at radius 1 is 1.21 bits per heavy atom. The summed E-state index contributed by atoms with van der Waals surface area (Å²) in [4.78, 5) is 20.3. The monoisotopic (exact) mass is 262 g/mol. The first-order valence-electron chi connectivity index (χ1n) is 7.04. The zero-order valence-corrected chi connectivity index (χ0v) is 11.6. The van der Waals surface area contributed by atoms with Crippen LogP contribution < -0.4 is 10.6 Å². The predicted octanol–water partition coefficient (Wildman–Crippen LogP) is 2.36. The maximum atomic E-state index is 12.0. The van der Waals surface area contributed by atoms with Gasteiger partial charge in [-0.05, 0) is 26.7 Å². The van der Waals surface area contributed by atoms with E-state index in [4.69, 9.17) is 0 Å². The van der Waals surface area contributed by atoms with Gasteiger partial charge in [0, 0.05) is 24.5 Å². The fourth-order valence-corrected chi connectivity index (χ4v) is 2.29. The minimum absolute atomic E-state index is 0.0667. The van der Waals surface area contributed by atoms with Gasteiger partial charge in [0.25, 0.3) is 5.91 Å². The number of carbonyl (C=O) groups is 1. The molecule has 1 saturated carbocycles. The first-order chi connectivity index (χ1) is 9.15. The van der Waals surface area contributed by atoms with Crippen molar-refractivity contribution in [2.24, 2.45) is 0 Å². The van der Waals surface area contributed by atoms with E-state index < -0.39 is 0 Å². The number of hydrogen-bond donors (Lipinski definition) is 2. The summed E-state index contributed by atoms with van der Waals surface area (Å²) in [6, 6.07) is 0.594. The highest BCUT2D eigenvalue weighted by atomic mass is 16.1. The molecule has 0 saturated heterocycles. The van der Waals surface area contributed by atoms with Gasteiger partial charge in [0.15, 0.2) is 0 Å². The molecule has 1 amide bonds. The van der Waals surface area contributed by atoms with Crippen molar-refractivity contribution >= 4 is 11.9 Å². The van der Waals surface area contributed by atoms with Gasteiger partial charge >= 0.3 is 0 Å². The zero-order chi connectivity index (χ0) is 13.7. The molecule has 1 aromatic heterocycles. The lowest BCUT2D eigenvalue weighted by molar-refractivity contribution is 0.0927. The summed E-state index contributed by atoms with van der Waals surface area (Å²) in [5, 5.41) is 6.15. The quantitative estimate of drug-likeness (QED) is 0.874. The summed E-state index contributed by atoms with van der Waals surface area (Å²) in [7, 11) is 0. The van der Waals surface area contributed by atoms with Crippen LogP contribution in [0.15, 0.2) is 12.4 Å². The van der Waals surface area contributed by atoms with Crippen LogP contribution in [0.4, 0.5) is 5.95 Å². The second-order valence-electron chi connectivity index (χ2n) is 5.40. The van der Waals surface area contributed by atoms with E-state index in [1.165, 1.54) is 19.3 Å². The van der Waals surface area contributed by atoms with Crippen molar-refractivity contribution in [1.29, 1.82) is 0 Å². The number of nitrogens with zero attached hydrogens (tertiary/aromatic N) is 2. The third kappa shape index (κ3) is 4.19. The number of anilines is 1. The molecule has 0 unspecified atom stereocenters. The Morgan fingerprint density at radius 2 is 1.84 bits per heavy atom. The van der Waals surface area contributed by atoms with Crippen LogP contribution >= 0.6 is 0 Å². The van der Waals surface area contributed by atoms with Crippen molar-refractivity contribution in [3.63, 3.8) is 0 Å². The fraction of sp³-hybridized carbons (Fsp3) is 0.643. The van der Waals surface area contributed by atoms with Gasteiger partial charge in [-0.1, -0.05) is 19.3 Å². The Bertz CT molecular complexity index is 410. The number of amides is 1. The maximum Gasteiger partial charge on any atom is 0.254 e. The van der Waals surface area contributed by atoms with E-state index in [1.54, 1.807) is 12.4 Å². The van der Waals surface area contributed by atoms with Gasteiger partial charge < -0.3 is 10.6 Å². The number of rotatable bonds is 4. The first kappa shape index (κ1) is 13.8. The smallest absolute Gasteiger partial charge is 0.254 e. The summed E-state index contributed by atoms with van der Waals surface area (Å²) >= 11 is 0. The molecule has 5 heteroatoms. The van der Waals surface area contributed by atoms with E-state index in [0.29, 0.717) is 17.6 Å². The predicted molar refractivity (Wildman–Crippen MR) is 75.1 cm³/mol. The maximum absolute atomic E-state index is 12.0. The summed E-state index contributed by atoms with van der Waals surface area (Å²) in [6.45, 7) is 4.04. The van der Waals surface area contributed by atoms with Crippen molar-refractivity contribution < 1.29 is 4.79 Å². The number of carbonyl (C=O) groups excluding carboxylic acids is 1. The summed E-state index contributed by atoms with van der Waals surface area (Å²) in [5.41, 5.74) is 0.528. The molecule has 0 aliphatic heterocycles. The zero-order valence-electron chi connectivity index (χ0n) is 11.6. The lowest BCUT2D eigenvalue weighted by Crippen LogP contribution is -2.36. The van der Waals surface area contributed by atoms with E-state index in [9.17, 15) is 4.79 Å². The third-order valence-corrected chi connectivity index (χ3v) is 3.27. The van der Waals surface area contributed by atoms with Gasteiger partial charge in [-0.3, -0.25) is 4.79 Å². The van der Waals surface area contributed by atoms with Crippen LogP contribution in [0.25, 0.3) is 0 Å². The van der Waals surface area contributed by atoms with Crippen LogP contribution in [0, 0.1) is 0 Å². The second-order valence-corrected chi connectivity index (χ2v) is 5.40. The molecular formula is C14H22N4O. The molecule has 19 heavy (non-hydrogen) atoms. The van der Waals surface area contributed by atoms with Crippen molar-refractivity contribution in [3.05, 3.63) is 18.0 Å². The van der Waals surface area contributed by atoms with Gasteiger partial charge in [0.1, 0.15) is 0 Å². The molecule has 0 spiro atoms. The highest BCUT2D eigenvalue weighted by Crippen LogP contribution is 2.17. The number of nitrogens with one attached hydrogen (secondary N) is 2. The Morgan fingerprint density at radius 3 is 2.42 bits per heavy atom. The molecular weight excluding hydrogens is 240 g/mol. The van der Waals surface area contributed by atoms with Gasteiger partial charge in [-0.15, -0.1) is 0 Å². The van der Waals surface area contributed by atoms with Crippen LogP contribution in [-0.4, -0.2) is 28.0 Å². The van der Waals surface area contributed by atoms with E-state index in [-0.39, 0.29) is 11.9 Å². The molecule has 0 bridgehead atoms. The lowest BCUT2D eigenvalue weighted by atomic mass is 9.95. The first-order valence-corrected chi connectivity index (χ1v) is 7.04. The number of hydrogen-bond acceptors (Lipinski definition) is 4. The normalized spacial score (nSPS) is 16.4. The van der Waals surface area contributed by atoms with E-state index in [1.807, 2.05) is 13.8 Å². The Balaban J connectivity index is 1.91. The van der Waals surface area contributed by atoms with Crippen LogP contribution in [-0.2, 0) is 0 Å². The molecule has 5 nitrogen and oxygen atoms in total. The molecule has 0 atom stereocenters. The molecule has 1 aliphatic carbocycles. The van der Waals surface area contributed by atoms with E-state index in [2.05, 4.69) is 20.6 Å². The van der Waals surface area contributed by atoms with Crippen molar-refractivity contribution in [2.45, 2.75) is 58.0 Å². The molecule has 2 rings (SSSR count). The highest BCUT2D eigenvalue weighted by molar-refractivity contribution is 5.93. The van der Waals surface area contributed by atoms with E-state index in [0.717, 1.165) is 12.8 Å². The van der Waals surface area contributed by atoms with Crippen LogP contribution in [0.1, 0.15) is 56.3 Å². The van der Waals surface area contributed by atoms with Crippen LogP contribution in [0.2, 0.25) is 0 Å². The molecule has 1 aliphatic rings. The minimum atomic E-state index is -0.0667. The van der Waals surface area contributed by atoms with E-state index >= 15 is 0 Å². The van der Waals surface area contributed by atoms with Gasteiger partial charge in [0.2, 0.25) is 5.95 Å². The Labute approximate surface area is 114 Å². The summed E-state index contributed by atoms with van der Waals surface area (Å²) in [5.74, 6) is 0.493. The van der Waals surface area contributed by atoms with Crippen LogP contribution in [0.3, 0.4) is 0 Å². The van der Waals surface area contributed by atoms with Crippen molar-refractivity contribution in [1.82, 2.24) is 15.3 Å². The third-order valence-electron chi connectivity index (χ3n) is 3.27. The molecule has 1 aromatic rings. The average molecular weight is 262 g/mol. The number of aromatic nitrogens is 2. The summed E-state index contributed by atoms with van der Waals surface area (Å²) in [6.07, 6.45) is 9.02. The van der Waals surface area contributed by atoms with Gasteiger partial charge in [-0.25, -0.2) is 9.97 Å². The largest absolute Gasteiger partial charge is 0.352 e. The standard InChI is InChI=1S/C14H22N4O/c1-10(2)17-14-15-8-11(9-16-14)13(19)18-12-6-4-3-5-7-12/h8-10,12H,3-7H2,1-2H3,(H,18,19)(H,15,16,17). The lowest BCUT2D eigenvalue weighted by Gasteiger charge is -2.22. The average Bonchev–Trinajstić information content (AvgIpc) is 2.40. The van der Waals surface area contributed by atoms with Crippen molar-refractivity contribution in [3.8, 4) is 0 Å². The molecule has 1 heterocycles. The fourth-order valence-electron chi connectivity index (χ4n) is 2.29. The minimum Gasteiger partial charge on any atom is -0.352 e. The molecule has 104 valence electrons. The van der Waals surface area contributed by atoms with Crippen molar-refractivity contribution in [2.75, 3.05) is 5.32 Å². The van der Waals surface area contributed by atoms with Crippen LogP contribution in [0.5, 0.6) is 0 Å². The Kier molecular flexibility index (Phi) is 4.71. The highest BCUT2D eigenvalue weighted by Gasteiger charge is 2.17. The molecule has 2 N–H and O–H groups in total. The van der Waals surface area contributed by atoms with Gasteiger partial charge in [0.05, 0.1) is 5.56 Å². The molecule has 0 radical (unpaired) electrons. The molecule has 0 aromatic carbocycles. The second kappa shape index (κ2) is 6.50. The molecule has 1 fully saturated rings. The van der Waals surface area contributed by atoms with Gasteiger partial charge in [-0.2, -0.15) is 0 Å².